The van der Waals surface area contributed by atoms with Crippen LogP contribution < -0.4 is 0 Å². The third-order valence-corrected chi connectivity index (χ3v) is 2.54. The molecule has 0 atom stereocenters. The van der Waals surface area contributed by atoms with Gasteiger partial charge in [0.25, 0.3) is 0 Å². The molecule has 0 N–H and O–H groups in total. The average molecular weight is 279 g/mol. The molecular formula is C7H3ClINO. The zero-order valence-electron chi connectivity index (χ0n) is 5.34. The summed E-state index contributed by atoms with van der Waals surface area (Å²) in [5.74, 6) is 0. The van der Waals surface area contributed by atoms with Gasteiger partial charge in [-0.3, -0.25) is 0 Å². The Morgan fingerprint density at radius 2 is 2.27 bits per heavy atom. The summed E-state index contributed by atoms with van der Waals surface area (Å²) in [6, 6.07) is 3.71. The molecule has 0 bridgehead atoms. The molecule has 1 aromatic carbocycles. The minimum atomic E-state index is 0.633. The summed E-state index contributed by atoms with van der Waals surface area (Å²) >= 11 is 8.02. The maximum atomic E-state index is 5.84. The molecule has 0 aliphatic rings. The van der Waals surface area contributed by atoms with Gasteiger partial charge in [0.05, 0.1) is 8.59 Å². The average Bonchev–Trinajstić information content (AvgIpc) is 2.45. The van der Waals surface area contributed by atoms with Crippen molar-refractivity contribution in [2.75, 3.05) is 0 Å². The van der Waals surface area contributed by atoms with Crippen LogP contribution in [0.2, 0.25) is 5.02 Å². The summed E-state index contributed by atoms with van der Waals surface area (Å²) in [4.78, 5) is 3.98. The Hall–Kier alpha value is -0.290. The normalized spacial score (nSPS) is 10.7. The minimum Gasteiger partial charge on any atom is -0.442 e. The molecule has 0 fully saturated rings. The van der Waals surface area contributed by atoms with Crippen molar-refractivity contribution < 1.29 is 4.42 Å². The van der Waals surface area contributed by atoms with Gasteiger partial charge in [-0.15, -0.1) is 0 Å². The van der Waals surface area contributed by atoms with Gasteiger partial charge in [0, 0.05) is 0 Å². The van der Waals surface area contributed by atoms with E-state index in [1.54, 1.807) is 0 Å². The Morgan fingerprint density at radius 3 is 3.00 bits per heavy atom. The summed E-state index contributed by atoms with van der Waals surface area (Å²) in [6.07, 6.45) is 1.40. The molecule has 4 heteroatoms. The van der Waals surface area contributed by atoms with Gasteiger partial charge in [0.2, 0.25) is 0 Å². The third-order valence-electron chi connectivity index (χ3n) is 1.39. The van der Waals surface area contributed by atoms with E-state index in [4.69, 9.17) is 16.0 Å². The Morgan fingerprint density at radius 1 is 1.45 bits per heavy atom. The zero-order chi connectivity index (χ0) is 7.84. The Kier molecular flexibility index (Phi) is 1.77. The lowest BCUT2D eigenvalue weighted by Crippen LogP contribution is -1.74. The van der Waals surface area contributed by atoms with Gasteiger partial charge in [-0.25, -0.2) is 4.98 Å². The molecule has 2 nitrogen and oxygen atoms in total. The van der Waals surface area contributed by atoms with Crippen LogP contribution in [-0.2, 0) is 0 Å². The first-order valence-corrected chi connectivity index (χ1v) is 4.42. The van der Waals surface area contributed by atoms with Crippen LogP contribution in [0.3, 0.4) is 0 Å². The topological polar surface area (TPSA) is 26.0 Å². The van der Waals surface area contributed by atoms with E-state index in [-0.39, 0.29) is 0 Å². The largest absolute Gasteiger partial charge is 0.442 e. The fourth-order valence-corrected chi connectivity index (χ4v) is 1.65. The van der Waals surface area contributed by atoms with E-state index in [0.717, 1.165) is 14.7 Å². The van der Waals surface area contributed by atoms with Gasteiger partial charge in [-0.2, -0.15) is 0 Å². The second-order valence-corrected chi connectivity index (χ2v) is 3.63. The fourth-order valence-electron chi connectivity index (χ4n) is 0.887. The highest BCUT2D eigenvalue weighted by Gasteiger charge is 2.05. The van der Waals surface area contributed by atoms with E-state index in [1.807, 2.05) is 12.1 Å². The van der Waals surface area contributed by atoms with Crippen LogP contribution in [0.5, 0.6) is 0 Å². The number of halogens is 2. The SMILES string of the molecule is Clc1ccc(I)c2ocnc12. The Bertz CT molecular complexity index is 362. The molecule has 0 aliphatic carbocycles. The number of nitrogens with zero attached hydrogens (tertiary/aromatic N) is 1. The summed E-state index contributed by atoms with van der Waals surface area (Å²) in [7, 11) is 0. The van der Waals surface area contributed by atoms with Crippen LogP contribution in [0.4, 0.5) is 0 Å². The highest BCUT2D eigenvalue weighted by atomic mass is 127. The lowest BCUT2D eigenvalue weighted by atomic mass is 10.3. The molecule has 56 valence electrons. The van der Waals surface area contributed by atoms with Gasteiger partial charge < -0.3 is 4.42 Å². The number of hydrogen-bond acceptors (Lipinski definition) is 2. The maximum Gasteiger partial charge on any atom is 0.182 e. The highest BCUT2D eigenvalue weighted by molar-refractivity contribution is 14.1. The molecule has 2 rings (SSSR count). The number of hydrogen-bond donors (Lipinski definition) is 0. The molecule has 0 spiro atoms. The lowest BCUT2D eigenvalue weighted by Gasteiger charge is -1.91. The predicted molar refractivity (Wildman–Crippen MR) is 51.7 cm³/mol. The van der Waals surface area contributed by atoms with E-state index in [1.165, 1.54) is 6.39 Å². The standard InChI is InChI=1S/C7H3ClINO/c8-4-1-2-5(9)7-6(4)10-3-11-7/h1-3H. The van der Waals surface area contributed by atoms with Gasteiger partial charge in [-0.05, 0) is 34.7 Å². The third kappa shape index (κ3) is 1.12. The molecule has 0 unspecified atom stereocenters. The summed E-state index contributed by atoms with van der Waals surface area (Å²) < 4.78 is 6.15. The van der Waals surface area contributed by atoms with Crippen molar-refractivity contribution in [2.45, 2.75) is 0 Å². The van der Waals surface area contributed by atoms with Gasteiger partial charge >= 0.3 is 0 Å². The molecule has 11 heavy (non-hydrogen) atoms. The van der Waals surface area contributed by atoms with Crippen molar-refractivity contribution in [1.82, 2.24) is 4.98 Å². The molecule has 0 amide bonds. The second-order valence-electron chi connectivity index (χ2n) is 2.06. The molecule has 0 saturated carbocycles. The zero-order valence-corrected chi connectivity index (χ0v) is 8.26. The van der Waals surface area contributed by atoms with Crippen LogP contribution in [-0.4, -0.2) is 4.98 Å². The van der Waals surface area contributed by atoms with Crippen molar-refractivity contribution in [3.8, 4) is 0 Å². The molecule has 1 aromatic heterocycles. The van der Waals surface area contributed by atoms with Crippen LogP contribution in [0, 0.1) is 3.57 Å². The van der Waals surface area contributed by atoms with E-state index in [9.17, 15) is 0 Å². The number of fused-ring (bicyclic) bond motifs is 1. The quantitative estimate of drug-likeness (QED) is 0.693. The monoisotopic (exact) mass is 279 g/mol. The predicted octanol–water partition coefficient (Wildman–Crippen LogP) is 3.09. The number of benzene rings is 1. The van der Waals surface area contributed by atoms with Crippen molar-refractivity contribution in [3.63, 3.8) is 0 Å². The second kappa shape index (κ2) is 2.64. The molecule has 0 saturated heterocycles. The first-order valence-electron chi connectivity index (χ1n) is 2.96. The maximum absolute atomic E-state index is 5.84. The number of oxazole rings is 1. The van der Waals surface area contributed by atoms with Crippen molar-refractivity contribution >= 4 is 45.3 Å². The first-order chi connectivity index (χ1) is 5.29. The fraction of sp³-hybridized carbons (Fsp3) is 0. The molecule has 2 aromatic rings. The lowest BCUT2D eigenvalue weighted by molar-refractivity contribution is 0.600. The molecule has 1 heterocycles. The Labute approximate surface area is 81.7 Å². The van der Waals surface area contributed by atoms with E-state index < -0.39 is 0 Å². The molecule has 0 aliphatic heterocycles. The van der Waals surface area contributed by atoms with Crippen LogP contribution in [0.15, 0.2) is 22.9 Å². The highest BCUT2D eigenvalue weighted by Crippen LogP contribution is 2.25. The smallest absolute Gasteiger partial charge is 0.182 e. The van der Waals surface area contributed by atoms with Crippen molar-refractivity contribution in [3.05, 3.63) is 27.1 Å². The van der Waals surface area contributed by atoms with E-state index in [0.29, 0.717) is 5.02 Å². The van der Waals surface area contributed by atoms with Crippen molar-refractivity contribution in [1.29, 1.82) is 0 Å². The van der Waals surface area contributed by atoms with Gasteiger partial charge in [0.15, 0.2) is 12.0 Å². The van der Waals surface area contributed by atoms with E-state index >= 15 is 0 Å². The number of rotatable bonds is 0. The van der Waals surface area contributed by atoms with Crippen LogP contribution in [0.25, 0.3) is 11.1 Å². The van der Waals surface area contributed by atoms with E-state index in [2.05, 4.69) is 27.6 Å². The van der Waals surface area contributed by atoms with Gasteiger partial charge in [-0.1, -0.05) is 11.6 Å². The Balaban J connectivity index is 2.96. The van der Waals surface area contributed by atoms with Gasteiger partial charge in [0.1, 0.15) is 5.52 Å². The van der Waals surface area contributed by atoms with Crippen LogP contribution in [0.1, 0.15) is 0 Å². The summed E-state index contributed by atoms with van der Waals surface area (Å²) in [6.45, 7) is 0. The molecule has 0 radical (unpaired) electrons. The number of aromatic nitrogens is 1. The van der Waals surface area contributed by atoms with Crippen molar-refractivity contribution in [2.24, 2.45) is 0 Å². The van der Waals surface area contributed by atoms with Crippen LogP contribution >= 0.6 is 34.2 Å². The minimum absolute atomic E-state index is 0.633. The summed E-state index contributed by atoms with van der Waals surface area (Å²) in [5.41, 5.74) is 1.50. The first kappa shape index (κ1) is 7.36. The summed E-state index contributed by atoms with van der Waals surface area (Å²) in [5, 5.41) is 0.633. The molecular weight excluding hydrogens is 276 g/mol.